The molecular weight excluding hydrogens is 408 g/mol. The second kappa shape index (κ2) is 8.96. The maximum absolute atomic E-state index is 14.7. The SMILES string of the molecule is CCc1cc(-c2ncc(F)c(N3CCC(C)(C(C)C)CC3)n2)nn1Cc1ccccc1F. The number of benzene rings is 1. The van der Waals surface area contributed by atoms with Crippen LogP contribution >= 0.6 is 0 Å². The van der Waals surface area contributed by atoms with Gasteiger partial charge in [-0.1, -0.05) is 45.9 Å². The lowest BCUT2D eigenvalue weighted by molar-refractivity contribution is 0.165. The van der Waals surface area contributed by atoms with Crippen LogP contribution in [0.5, 0.6) is 0 Å². The van der Waals surface area contributed by atoms with Crippen molar-refractivity contribution in [1.82, 2.24) is 19.7 Å². The molecule has 3 heterocycles. The Morgan fingerprint density at radius 1 is 1.09 bits per heavy atom. The van der Waals surface area contributed by atoms with Gasteiger partial charge >= 0.3 is 0 Å². The van der Waals surface area contributed by atoms with Crippen LogP contribution in [0, 0.1) is 23.0 Å². The van der Waals surface area contributed by atoms with Gasteiger partial charge in [-0.2, -0.15) is 5.10 Å². The van der Waals surface area contributed by atoms with Crippen LogP contribution in [0.1, 0.15) is 51.8 Å². The van der Waals surface area contributed by atoms with E-state index in [4.69, 9.17) is 0 Å². The molecule has 0 saturated carbocycles. The van der Waals surface area contributed by atoms with E-state index < -0.39 is 5.82 Å². The average molecular weight is 440 g/mol. The number of aryl methyl sites for hydroxylation is 1. The van der Waals surface area contributed by atoms with Gasteiger partial charge in [0, 0.05) is 24.3 Å². The van der Waals surface area contributed by atoms with E-state index in [-0.39, 0.29) is 11.2 Å². The van der Waals surface area contributed by atoms with Gasteiger partial charge in [-0.3, -0.25) is 4.68 Å². The fourth-order valence-corrected chi connectivity index (χ4v) is 4.28. The highest BCUT2D eigenvalue weighted by Gasteiger charge is 2.34. The van der Waals surface area contributed by atoms with Gasteiger partial charge in [0.25, 0.3) is 0 Å². The molecule has 7 heteroatoms. The molecule has 32 heavy (non-hydrogen) atoms. The van der Waals surface area contributed by atoms with Gasteiger partial charge in [0.2, 0.25) is 0 Å². The molecule has 1 aliphatic heterocycles. The highest BCUT2D eigenvalue weighted by atomic mass is 19.1. The van der Waals surface area contributed by atoms with E-state index in [1.165, 1.54) is 12.3 Å². The van der Waals surface area contributed by atoms with Gasteiger partial charge in [-0.05, 0) is 42.7 Å². The molecule has 4 rings (SSSR count). The van der Waals surface area contributed by atoms with Crippen molar-refractivity contribution in [3.63, 3.8) is 0 Å². The van der Waals surface area contributed by atoms with E-state index in [0.29, 0.717) is 35.4 Å². The van der Waals surface area contributed by atoms with Crippen molar-refractivity contribution in [2.45, 2.75) is 53.5 Å². The average Bonchev–Trinajstić information content (AvgIpc) is 3.19. The molecule has 1 aromatic carbocycles. The monoisotopic (exact) mass is 439 g/mol. The lowest BCUT2D eigenvalue weighted by Crippen LogP contribution is -2.41. The van der Waals surface area contributed by atoms with E-state index in [0.717, 1.165) is 38.0 Å². The van der Waals surface area contributed by atoms with Crippen molar-refractivity contribution in [2.75, 3.05) is 18.0 Å². The lowest BCUT2D eigenvalue weighted by Gasteiger charge is -2.42. The summed E-state index contributed by atoms with van der Waals surface area (Å²) >= 11 is 0. The Morgan fingerprint density at radius 3 is 2.47 bits per heavy atom. The standard InChI is InChI=1S/C25H31F2N5/c1-5-19-14-22(30-32(19)16-18-8-6-7-9-20(18)26)23-28-15-21(27)24(29-23)31-12-10-25(4,11-13-31)17(2)3/h6-9,14-15,17H,5,10-13,16H2,1-4H3. The fourth-order valence-electron chi connectivity index (χ4n) is 4.28. The normalized spacial score (nSPS) is 16.0. The quantitative estimate of drug-likeness (QED) is 0.509. The van der Waals surface area contributed by atoms with E-state index in [9.17, 15) is 8.78 Å². The van der Waals surface area contributed by atoms with E-state index >= 15 is 0 Å². The summed E-state index contributed by atoms with van der Waals surface area (Å²) in [7, 11) is 0. The van der Waals surface area contributed by atoms with Crippen molar-refractivity contribution < 1.29 is 8.78 Å². The number of hydrogen-bond acceptors (Lipinski definition) is 4. The minimum absolute atomic E-state index is 0.259. The van der Waals surface area contributed by atoms with Gasteiger partial charge in [0.1, 0.15) is 11.5 Å². The Bertz CT molecular complexity index is 1080. The third kappa shape index (κ3) is 4.38. The minimum Gasteiger partial charge on any atom is -0.354 e. The third-order valence-corrected chi connectivity index (χ3v) is 7.06. The summed E-state index contributed by atoms with van der Waals surface area (Å²) in [4.78, 5) is 10.8. The van der Waals surface area contributed by atoms with Crippen LogP contribution in [0.3, 0.4) is 0 Å². The topological polar surface area (TPSA) is 46.8 Å². The Hall–Kier alpha value is -2.83. The molecule has 0 unspecified atom stereocenters. The predicted molar refractivity (Wildman–Crippen MR) is 122 cm³/mol. The Morgan fingerprint density at radius 2 is 1.81 bits per heavy atom. The molecule has 0 amide bonds. The number of rotatable bonds is 6. The number of nitrogens with zero attached hydrogens (tertiary/aromatic N) is 5. The molecule has 5 nitrogen and oxygen atoms in total. The van der Waals surface area contributed by atoms with Gasteiger partial charge in [-0.15, -0.1) is 0 Å². The van der Waals surface area contributed by atoms with Crippen molar-refractivity contribution in [3.8, 4) is 11.5 Å². The number of piperidine rings is 1. The van der Waals surface area contributed by atoms with Crippen LogP contribution in [0.25, 0.3) is 11.5 Å². The second-order valence-electron chi connectivity index (χ2n) is 9.28. The fraction of sp³-hybridized carbons (Fsp3) is 0.480. The Labute approximate surface area is 188 Å². The molecule has 0 N–H and O–H groups in total. The molecule has 1 aliphatic rings. The van der Waals surface area contributed by atoms with Crippen molar-refractivity contribution in [2.24, 2.45) is 11.3 Å². The highest BCUT2D eigenvalue weighted by molar-refractivity contribution is 5.54. The molecule has 0 bridgehead atoms. The zero-order valence-corrected chi connectivity index (χ0v) is 19.3. The minimum atomic E-state index is -0.414. The first-order chi connectivity index (χ1) is 15.3. The summed E-state index contributed by atoms with van der Waals surface area (Å²) in [6.07, 6.45) is 3.96. The molecule has 0 spiro atoms. The number of halogens is 2. The van der Waals surface area contributed by atoms with Gasteiger partial charge in [-0.25, -0.2) is 18.7 Å². The van der Waals surface area contributed by atoms with Gasteiger partial charge in [0.15, 0.2) is 17.5 Å². The zero-order chi connectivity index (χ0) is 22.9. The van der Waals surface area contributed by atoms with Crippen LogP contribution in [-0.2, 0) is 13.0 Å². The molecule has 2 aromatic heterocycles. The summed E-state index contributed by atoms with van der Waals surface area (Å²) in [6, 6.07) is 8.59. The Balaban J connectivity index is 1.60. The van der Waals surface area contributed by atoms with Crippen LogP contribution in [0.15, 0.2) is 36.5 Å². The first-order valence-electron chi connectivity index (χ1n) is 11.4. The molecule has 0 aliphatic carbocycles. The van der Waals surface area contributed by atoms with Gasteiger partial charge < -0.3 is 4.90 Å². The van der Waals surface area contributed by atoms with Crippen LogP contribution in [0.4, 0.5) is 14.6 Å². The van der Waals surface area contributed by atoms with Crippen molar-refractivity contribution in [3.05, 3.63) is 59.4 Å². The summed E-state index contributed by atoms with van der Waals surface area (Å²) in [5.74, 6) is 0.637. The number of aromatic nitrogens is 4. The maximum Gasteiger partial charge on any atom is 0.183 e. The van der Waals surface area contributed by atoms with Crippen LogP contribution in [0.2, 0.25) is 0 Å². The summed E-state index contributed by atoms with van der Waals surface area (Å²) in [5, 5.41) is 4.63. The van der Waals surface area contributed by atoms with Crippen molar-refractivity contribution >= 4 is 5.82 Å². The summed E-state index contributed by atoms with van der Waals surface area (Å²) in [6.45, 7) is 10.7. The third-order valence-electron chi connectivity index (χ3n) is 7.06. The van der Waals surface area contributed by atoms with Crippen LogP contribution < -0.4 is 4.90 Å². The maximum atomic E-state index is 14.7. The van der Waals surface area contributed by atoms with E-state index in [1.54, 1.807) is 16.8 Å². The van der Waals surface area contributed by atoms with Crippen molar-refractivity contribution in [1.29, 1.82) is 0 Å². The molecular formula is C25H31F2N5. The smallest absolute Gasteiger partial charge is 0.183 e. The largest absolute Gasteiger partial charge is 0.354 e. The number of hydrogen-bond donors (Lipinski definition) is 0. The van der Waals surface area contributed by atoms with Gasteiger partial charge in [0.05, 0.1) is 12.7 Å². The second-order valence-corrected chi connectivity index (χ2v) is 9.28. The number of anilines is 1. The Kier molecular flexibility index (Phi) is 6.26. The predicted octanol–water partition coefficient (Wildman–Crippen LogP) is 5.49. The molecule has 170 valence electrons. The zero-order valence-electron chi connectivity index (χ0n) is 19.3. The first kappa shape index (κ1) is 22.4. The molecule has 0 atom stereocenters. The molecule has 1 fully saturated rings. The summed E-state index contributed by atoms with van der Waals surface area (Å²) in [5.41, 5.74) is 2.36. The van der Waals surface area contributed by atoms with Crippen LogP contribution in [-0.4, -0.2) is 32.8 Å². The molecule has 0 radical (unpaired) electrons. The molecule has 3 aromatic rings. The van der Waals surface area contributed by atoms with E-state index in [2.05, 4.69) is 35.8 Å². The highest BCUT2D eigenvalue weighted by Crippen LogP contribution is 2.39. The molecule has 1 saturated heterocycles. The summed E-state index contributed by atoms with van der Waals surface area (Å²) < 4.78 is 30.6. The lowest BCUT2D eigenvalue weighted by atomic mass is 9.72. The first-order valence-corrected chi connectivity index (χ1v) is 11.4. The van der Waals surface area contributed by atoms with E-state index in [1.807, 2.05) is 24.0 Å².